The molecule has 1 aromatic rings. The molecule has 0 radical (unpaired) electrons. The maximum Gasteiger partial charge on any atom is 0.263 e. The Labute approximate surface area is 101 Å². The zero-order valence-corrected chi connectivity index (χ0v) is 10.5. The van der Waals surface area contributed by atoms with Gasteiger partial charge in [0.25, 0.3) is 11.8 Å². The summed E-state index contributed by atoms with van der Waals surface area (Å²) in [6.45, 7) is 7.68. The fourth-order valence-electron chi connectivity index (χ4n) is 1.96. The van der Waals surface area contributed by atoms with Gasteiger partial charge in [0.15, 0.2) is 0 Å². The average molecular weight is 232 g/mol. The molecular formula is C13H16N2O2. The van der Waals surface area contributed by atoms with E-state index in [0.29, 0.717) is 11.1 Å². The van der Waals surface area contributed by atoms with Gasteiger partial charge in [-0.25, -0.2) is 0 Å². The van der Waals surface area contributed by atoms with E-state index in [4.69, 9.17) is 0 Å². The molecule has 0 aliphatic carbocycles. The average Bonchev–Trinajstić information content (AvgIpc) is 2.51. The van der Waals surface area contributed by atoms with Crippen LogP contribution in [0.4, 0.5) is 0 Å². The Morgan fingerprint density at radius 1 is 1.06 bits per heavy atom. The lowest BCUT2D eigenvalue weighted by molar-refractivity contribution is 0.0609. The molecule has 0 aromatic carbocycles. The van der Waals surface area contributed by atoms with Crippen LogP contribution in [0.1, 0.15) is 60.0 Å². The normalized spacial score (nSPS) is 15.1. The lowest BCUT2D eigenvalue weighted by Crippen LogP contribution is -2.35. The number of aromatic nitrogens is 1. The number of amides is 2. The minimum Gasteiger partial charge on any atom is -0.272 e. The van der Waals surface area contributed by atoms with Gasteiger partial charge >= 0.3 is 0 Å². The molecule has 1 aromatic heterocycles. The van der Waals surface area contributed by atoms with Crippen LogP contribution >= 0.6 is 0 Å². The lowest BCUT2D eigenvalue weighted by atomic mass is 10.1. The summed E-state index contributed by atoms with van der Waals surface area (Å²) in [6.07, 6.45) is 1.52. The second kappa shape index (κ2) is 3.95. The first-order valence-corrected chi connectivity index (χ1v) is 5.81. The molecule has 1 aliphatic rings. The van der Waals surface area contributed by atoms with Gasteiger partial charge in [-0.05, 0) is 25.8 Å². The van der Waals surface area contributed by atoms with Crippen molar-refractivity contribution < 1.29 is 9.59 Å². The second-order valence-electron chi connectivity index (χ2n) is 4.88. The number of carbonyl (C=O) groups excluding carboxylic acids is 2. The van der Waals surface area contributed by atoms with E-state index in [0.717, 1.165) is 5.69 Å². The van der Waals surface area contributed by atoms with Crippen LogP contribution in [0.5, 0.6) is 0 Å². The monoisotopic (exact) mass is 232 g/mol. The minimum atomic E-state index is -0.234. The number of rotatable bonds is 2. The number of hydrogen-bond acceptors (Lipinski definition) is 3. The topological polar surface area (TPSA) is 50.3 Å². The number of nitrogens with zero attached hydrogens (tertiary/aromatic N) is 2. The van der Waals surface area contributed by atoms with Gasteiger partial charge in [0, 0.05) is 17.9 Å². The van der Waals surface area contributed by atoms with Crippen LogP contribution in [0.15, 0.2) is 12.3 Å². The van der Waals surface area contributed by atoms with Crippen molar-refractivity contribution in [2.45, 2.75) is 39.7 Å². The Morgan fingerprint density at radius 3 is 2.18 bits per heavy atom. The lowest BCUT2D eigenvalue weighted by Gasteiger charge is -2.17. The molecule has 1 aliphatic heterocycles. The van der Waals surface area contributed by atoms with E-state index in [-0.39, 0.29) is 23.8 Å². The van der Waals surface area contributed by atoms with Crippen molar-refractivity contribution in [3.63, 3.8) is 0 Å². The van der Waals surface area contributed by atoms with Crippen LogP contribution in [0.2, 0.25) is 0 Å². The van der Waals surface area contributed by atoms with Crippen molar-refractivity contribution in [2.24, 2.45) is 0 Å². The smallest absolute Gasteiger partial charge is 0.263 e. The molecule has 0 N–H and O–H groups in total. The van der Waals surface area contributed by atoms with Gasteiger partial charge in [0.1, 0.15) is 0 Å². The zero-order chi connectivity index (χ0) is 12.7. The van der Waals surface area contributed by atoms with Crippen molar-refractivity contribution in [1.29, 1.82) is 0 Å². The van der Waals surface area contributed by atoms with E-state index >= 15 is 0 Å². The van der Waals surface area contributed by atoms with Gasteiger partial charge in [-0.15, -0.1) is 0 Å². The highest BCUT2D eigenvalue weighted by Crippen LogP contribution is 2.26. The number of carbonyl (C=O) groups is 2. The highest BCUT2D eigenvalue weighted by molar-refractivity contribution is 6.21. The highest BCUT2D eigenvalue weighted by Gasteiger charge is 2.37. The van der Waals surface area contributed by atoms with Crippen molar-refractivity contribution in [1.82, 2.24) is 9.88 Å². The summed E-state index contributed by atoms with van der Waals surface area (Å²) in [5, 5.41) is 0. The fraction of sp³-hybridized carbons (Fsp3) is 0.462. The molecule has 90 valence electrons. The van der Waals surface area contributed by atoms with E-state index in [1.807, 2.05) is 27.7 Å². The fourth-order valence-corrected chi connectivity index (χ4v) is 1.96. The first kappa shape index (κ1) is 11.8. The predicted molar refractivity (Wildman–Crippen MR) is 64.0 cm³/mol. The molecular weight excluding hydrogens is 216 g/mol. The molecule has 0 fully saturated rings. The molecule has 2 heterocycles. The summed E-state index contributed by atoms with van der Waals surface area (Å²) < 4.78 is 0. The van der Waals surface area contributed by atoms with Crippen molar-refractivity contribution >= 4 is 11.8 Å². The SMILES string of the molecule is CC(C)c1cc2c(cn1)C(=O)N(C(C)C)C2=O. The van der Waals surface area contributed by atoms with E-state index in [1.54, 1.807) is 6.07 Å². The molecule has 4 heteroatoms. The standard InChI is InChI=1S/C13H16N2O2/c1-7(2)11-5-9-10(6-14-11)13(17)15(8(3)4)12(9)16/h5-8H,1-4H3. The molecule has 0 saturated heterocycles. The van der Waals surface area contributed by atoms with E-state index in [1.165, 1.54) is 11.1 Å². The van der Waals surface area contributed by atoms with Crippen LogP contribution in [0, 0.1) is 0 Å². The third-order valence-corrected chi connectivity index (χ3v) is 2.93. The van der Waals surface area contributed by atoms with E-state index < -0.39 is 0 Å². The largest absolute Gasteiger partial charge is 0.272 e. The summed E-state index contributed by atoms with van der Waals surface area (Å²) in [5.41, 5.74) is 1.76. The number of imide groups is 1. The van der Waals surface area contributed by atoms with Crippen molar-refractivity contribution in [3.05, 3.63) is 29.1 Å². The van der Waals surface area contributed by atoms with Gasteiger partial charge in [-0.1, -0.05) is 13.8 Å². The molecule has 2 rings (SSSR count). The number of hydrogen-bond donors (Lipinski definition) is 0. The number of fused-ring (bicyclic) bond motifs is 1. The zero-order valence-electron chi connectivity index (χ0n) is 10.5. The predicted octanol–water partition coefficient (Wildman–Crippen LogP) is 2.21. The van der Waals surface area contributed by atoms with Crippen LogP contribution in [0.3, 0.4) is 0 Å². The summed E-state index contributed by atoms with van der Waals surface area (Å²) in [5.74, 6) is -0.191. The van der Waals surface area contributed by atoms with E-state index in [2.05, 4.69) is 4.98 Å². The van der Waals surface area contributed by atoms with Crippen LogP contribution < -0.4 is 0 Å². The maximum absolute atomic E-state index is 12.1. The van der Waals surface area contributed by atoms with E-state index in [9.17, 15) is 9.59 Å². The van der Waals surface area contributed by atoms with Gasteiger partial charge < -0.3 is 0 Å². The van der Waals surface area contributed by atoms with Gasteiger partial charge in [0.2, 0.25) is 0 Å². The molecule has 4 nitrogen and oxygen atoms in total. The van der Waals surface area contributed by atoms with Crippen molar-refractivity contribution in [2.75, 3.05) is 0 Å². The summed E-state index contributed by atoms with van der Waals surface area (Å²) in [7, 11) is 0. The Kier molecular flexibility index (Phi) is 2.73. The molecule has 0 unspecified atom stereocenters. The van der Waals surface area contributed by atoms with Gasteiger partial charge in [0.05, 0.1) is 11.1 Å². The summed E-state index contributed by atoms with van der Waals surface area (Å²) in [4.78, 5) is 29.6. The molecule has 0 bridgehead atoms. The van der Waals surface area contributed by atoms with Gasteiger partial charge in [-0.3, -0.25) is 19.5 Å². The minimum absolute atomic E-state index is 0.120. The van der Waals surface area contributed by atoms with Crippen molar-refractivity contribution in [3.8, 4) is 0 Å². The molecule has 2 amide bonds. The number of pyridine rings is 1. The van der Waals surface area contributed by atoms with Crippen LogP contribution in [0.25, 0.3) is 0 Å². The third-order valence-electron chi connectivity index (χ3n) is 2.93. The quantitative estimate of drug-likeness (QED) is 0.734. The summed E-state index contributed by atoms with van der Waals surface area (Å²) >= 11 is 0. The molecule has 17 heavy (non-hydrogen) atoms. The van der Waals surface area contributed by atoms with Crippen LogP contribution in [-0.4, -0.2) is 27.7 Å². The Morgan fingerprint density at radius 2 is 1.65 bits per heavy atom. The van der Waals surface area contributed by atoms with Gasteiger partial charge in [-0.2, -0.15) is 0 Å². The van der Waals surface area contributed by atoms with Crippen LogP contribution in [-0.2, 0) is 0 Å². The highest BCUT2D eigenvalue weighted by atomic mass is 16.2. The first-order chi connectivity index (χ1) is 7.93. The molecule has 0 atom stereocenters. The first-order valence-electron chi connectivity index (χ1n) is 5.81. The maximum atomic E-state index is 12.1. The Hall–Kier alpha value is -1.71. The summed E-state index contributed by atoms with van der Waals surface area (Å²) in [6, 6.07) is 1.62. The Bertz CT molecular complexity index is 492. The second-order valence-corrected chi connectivity index (χ2v) is 4.88. The molecule has 0 spiro atoms. The third kappa shape index (κ3) is 1.73. The molecule has 0 saturated carbocycles. The Balaban J connectivity index is 2.51.